The topological polar surface area (TPSA) is 53.2 Å². The first kappa shape index (κ1) is 14.7. The number of rotatable bonds is 5. The highest BCUT2D eigenvalue weighted by Crippen LogP contribution is 2.28. The smallest absolute Gasteiger partial charge is 0.253 e. The molecular weight excluding hydrogens is 250 g/mol. The van der Waals surface area contributed by atoms with Crippen LogP contribution in [0.25, 0.3) is 0 Å². The minimum Gasteiger partial charge on any atom is -0.382 e. The fourth-order valence-corrected chi connectivity index (χ4v) is 2.42. The minimum atomic E-state index is 0.00862. The fraction of sp³-hybridized carbons (Fsp3) is 0.562. The molecule has 0 bridgehead atoms. The lowest BCUT2D eigenvalue weighted by atomic mass is 10.0. The number of carbonyl (C=O) groups excluding carboxylic acids is 1. The summed E-state index contributed by atoms with van der Waals surface area (Å²) in [4.78, 5) is 12.4. The van der Waals surface area contributed by atoms with Gasteiger partial charge in [-0.15, -0.1) is 0 Å². The van der Waals surface area contributed by atoms with Gasteiger partial charge >= 0.3 is 0 Å². The second-order valence-electron chi connectivity index (χ2n) is 5.93. The first-order valence-corrected chi connectivity index (χ1v) is 7.49. The summed E-state index contributed by atoms with van der Waals surface area (Å²) < 4.78 is 0. The Morgan fingerprint density at radius 3 is 2.70 bits per heavy atom. The van der Waals surface area contributed by atoms with Gasteiger partial charge in [-0.2, -0.15) is 0 Å². The van der Waals surface area contributed by atoms with Crippen LogP contribution in [0.2, 0.25) is 0 Å². The predicted octanol–water partition coefficient (Wildman–Crippen LogP) is 3.08. The zero-order chi connectivity index (χ0) is 14.5. The van der Waals surface area contributed by atoms with Gasteiger partial charge < -0.3 is 16.0 Å². The Morgan fingerprint density at radius 1 is 1.20 bits per heavy atom. The zero-order valence-corrected chi connectivity index (χ0v) is 12.6. The van der Waals surface area contributed by atoms with E-state index in [0.717, 1.165) is 42.9 Å². The van der Waals surface area contributed by atoms with Crippen molar-refractivity contribution in [1.82, 2.24) is 5.32 Å². The lowest BCUT2D eigenvalue weighted by Crippen LogP contribution is -2.34. The molecule has 4 heteroatoms. The highest BCUT2D eigenvalue weighted by Gasteiger charge is 2.18. The monoisotopic (exact) mass is 275 g/mol. The normalized spacial score (nSPS) is 15.0. The standard InChI is InChI=1S/C16H25N3O/c1-11(2)7-8-12(3)19-16(20)13-5-4-6-14-15(13)18-10-9-17-14/h4-6,11-12,17-18H,7-10H2,1-3H3,(H,19,20). The third kappa shape index (κ3) is 3.65. The Kier molecular flexibility index (Phi) is 4.88. The molecule has 1 aromatic rings. The predicted molar refractivity (Wildman–Crippen MR) is 84.4 cm³/mol. The number of nitrogens with one attached hydrogen (secondary N) is 3. The van der Waals surface area contributed by atoms with E-state index in [4.69, 9.17) is 0 Å². The van der Waals surface area contributed by atoms with E-state index in [0.29, 0.717) is 5.92 Å². The summed E-state index contributed by atoms with van der Waals surface area (Å²) in [5, 5.41) is 9.72. The molecule has 1 aliphatic rings. The molecule has 1 aromatic carbocycles. The Morgan fingerprint density at radius 2 is 1.95 bits per heavy atom. The van der Waals surface area contributed by atoms with E-state index in [1.54, 1.807) is 0 Å². The summed E-state index contributed by atoms with van der Waals surface area (Å²) in [7, 11) is 0. The van der Waals surface area contributed by atoms with E-state index in [1.165, 1.54) is 0 Å². The maximum atomic E-state index is 12.4. The van der Waals surface area contributed by atoms with Crippen molar-refractivity contribution < 1.29 is 4.79 Å². The minimum absolute atomic E-state index is 0.00862. The Labute approximate surface area is 121 Å². The largest absolute Gasteiger partial charge is 0.382 e. The molecule has 0 spiro atoms. The average molecular weight is 275 g/mol. The summed E-state index contributed by atoms with van der Waals surface area (Å²) >= 11 is 0. The molecular formula is C16H25N3O. The summed E-state index contributed by atoms with van der Waals surface area (Å²) in [6.45, 7) is 8.22. The van der Waals surface area contributed by atoms with Gasteiger partial charge in [-0.3, -0.25) is 4.79 Å². The van der Waals surface area contributed by atoms with Crippen molar-refractivity contribution in [3.8, 4) is 0 Å². The Bertz CT molecular complexity index is 471. The first-order valence-electron chi connectivity index (χ1n) is 7.49. The lowest BCUT2D eigenvalue weighted by Gasteiger charge is -2.23. The average Bonchev–Trinajstić information content (AvgIpc) is 2.44. The van der Waals surface area contributed by atoms with E-state index in [1.807, 2.05) is 18.2 Å². The number of para-hydroxylation sites is 1. The van der Waals surface area contributed by atoms with E-state index in [9.17, 15) is 4.79 Å². The van der Waals surface area contributed by atoms with Crippen LogP contribution < -0.4 is 16.0 Å². The first-order chi connectivity index (χ1) is 9.58. The summed E-state index contributed by atoms with van der Waals surface area (Å²) in [6, 6.07) is 6.01. The molecule has 1 unspecified atom stereocenters. The van der Waals surface area contributed by atoms with E-state index in [-0.39, 0.29) is 11.9 Å². The highest BCUT2D eigenvalue weighted by atomic mass is 16.1. The number of carbonyl (C=O) groups is 1. The molecule has 0 aromatic heterocycles. The second-order valence-corrected chi connectivity index (χ2v) is 5.93. The second kappa shape index (κ2) is 6.64. The number of benzene rings is 1. The Hall–Kier alpha value is -1.71. The molecule has 1 heterocycles. The number of hydrogen-bond acceptors (Lipinski definition) is 3. The van der Waals surface area contributed by atoms with Crippen molar-refractivity contribution in [2.75, 3.05) is 23.7 Å². The number of fused-ring (bicyclic) bond motifs is 1. The van der Waals surface area contributed by atoms with E-state index < -0.39 is 0 Å². The SMILES string of the molecule is CC(C)CCC(C)NC(=O)c1cccc2c1NCCN2. The van der Waals surface area contributed by atoms with Crippen LogP contribution in [0.4, 0.5) is 11.4 Å². The van der Waals surface area contributed by atoms with Gasteiger partial charge in [0.15, 0.2) is 0 Å². The molecule has 1 amide bonds. The van der Waals surface area contributed by atoms with Crippen LogP contribution in [-0.2, 0) is 0 Å². The summed E-state index contributed by atoms with van der Waals surface area (Å²) in [6.07, 6.45) is 2.15. The van der Waals surface area contributed by atoms with E-state index >= 15 is 0 Å². The number of anilines is 2. The fourth-order valence-electron chi connectivity index (χ4n) is 2.42. The summed E-state index contributed by atoms with van der Waals surface area (Å²) in [5.41, 5.74) is 2.66. The lowest BCUT2D eigenvalue weighted by molar-refractivity contribution is 0.0938. The van der Waals surface area contributed by atoms with Crippen molar-refractivity contribution >= 4 is 17.3 Å². The quantitative estimate of drug-likeness (QED) is 0.774. The third-order valence-electron chi connectivity index (χ3n) is 3.61. The maximum absolute atomic E-state index is 12.4. The van der Waals surface area contributed by atoms with Gasteiger partial charge in [0.2, 0.25) is 0 Å². The van der Waals surface area contributed by atoms with Crippen molar-refractivity contribution in [3.63, 3.8) is 0 Å². The van der Waals surface area contributed by atoms with Gasteiger partial charge in [-0.1, -0.05) is 19.9 Å². The van der Waals surface area contributed by atoms with Gasteiger partial charge in [0.25, 0.3) is 5.91 Å². The van der Waals surface area contributed by atoms with Crippen LogP contribution in [0.3, 0.4) is 0 Å². The van der Waals surface area contributed by atoms with E-state index in [2.05, 4.69) is 36.7 Å². The number of hydrogen-bond donors (Lipinski definition) is 3. The highest BCUT2D eigenvalue weighted by molar-refractivity contribution is 6.02. The third-order valence-corrected chi connectivity index (χ3v) is 3.61. The number of amides is 1. The molecule has 20 heavy (non-hydrogen) atoms. The molecule has 110 valence electrons. The van der Waals surface area contributed by atoms with Crippen molar-refractivity contribution in [1.29, 1.82) is 0 Å². The summed E-state index contributed by atoms with van der Waals surface area (Å²) in [5.74, 6) is 0.680. The zero-order valence-electron chi connectivity index (χ0n) is 12.6. The van der Waals surface area contributed by atoms with Gasteiger partial charge in [-0.25, -0.2) is 0 Å². The van der Waals surface area contributed by atoms with Gasteiger partial charge in [0.05, 0.1) is 16.9 Å². The van der Waals surface area contributed by atoms with Crippen molar-refractivity contribution in [2.24, 2.45) is 5.92 Å². The molecule has 0 fully saturated rings. The van der Waals surface area contributed by atoms with Crippen LogP contribution in [0, 0.1) is 5.92 Å². The molecule has 1 atom stereocenters. The molecule has 3 N–H and O–H groups in total. The molecule has 0 radical (unpaired) electrons. The van der Waals surface area contributed by atoms with Crippen LogP contribution >= 0.6 is 0 Å². The molecule has 0 saturated heterocycles. The molecule has 0 aliphatic carbocycles. The van der Waals surface area contributed by atoms with Crippen molar-refractivity contribution in [2.45, 2.75) is 39.7 Å². The maximum Gasteiger partial charge on any atom is 0.253 e. The van der Waals surface area contributed by atoms with Crippen LogP contribution in [-0.4, -0.2) is 25.0 Å². The van der Waals surface area contributed by atoms with Crippen LogP contribution in [0.15, 0.2) is 18.2 Å². The van der Waals surface area contributed by atoms with Gasteiger partial charge in [-0.05, 0) is 37.8 Å². The van der Waals surface area contributed by atoms with Gasteiger partial charge in [0, 0.05) is 19.1 Å². The van der Waals surface area contributed by atoms with Crippen LogP contribution in [0.1, 0.15) is 44.0 Å². The molecule has 4 nitrogen and oxygen atoms in total. The molecule has 0 saturated carbocycles. The van der Waals surface area contributed by atoms with Crippen LogP contribution in [0.5, 0.6) is 0 Å². The molecule has 1 aliphatic heterocycles. The van der Waals surface area contributed by atoms with Gasteiger partial charge in [0.1, 0.15) is 0 Å². The Balaban J connectivity index is 2.02. The van der Waals surface area contributed by atoms with Crippen molar-refractivity contribution in [3.05, 3.63) is 23.8 Å². The molecule has 2 rings (SSSR count).